The summed E-state index contributed by atoms with van der Waals surface area (Å²) in [6.45, 7) is 2.31. The summed E-state index contributed by atoms with van der Waals surface area (Å²) in [5.41, 5.74) is 14.6. The SMILES string of the molecule is CCCCOC[C@H](NC(=O)COCCOCCNC(=O)OCc1ccccc1)C(=O)NNC(=O)[C@H](CC(N)=O)NC(=O)OCC1c2ccccc2-c2ccccc21. The number of carbonyl (C=O) groups excluding carboxylic acids is 6. The average molecular weight is 791 g/mol. The molecule has 6 amide bonds. The maximum atomic E-state index is 13.1. The number of rotatable bonds is 23. The molecule has 0 aliphatic heterocycles. The number of fused-ring (bicyclic) bond motifs is 3. The van der Waals surface area contributed by atoms with Crippen LogP contribution < -0.4 is 32.5 Å². The molecular weight excluding hydrogens is 740 g/mol. The van der Waals surface area contributed by atoms with Crippen molar-refractivity contribution in [3.63, 3.8) is 0 Å². The molecular formula is C40H50N6O11. The van der Waals surface area contributed by atoms with Crippen LogP contribution in [0.2, 0.25) is 0 Å². The molecule has 7 N–H and O–H groups in total. The Balaban J connectivity index is 1.17. The summed E-state index contributed by atoms with van der Waals surface area (Å²) >= 11 is 0. The standard InChI is InChI=1S/C40H50N6O11/c1-2-3-18-54-25-34(43-36(48)26-55-21-20-53-19-17-42-39(51)56-23-27-11-5-4-6-12-27)38(50)46-45-37(49)33(22-35(41)47)44-40(52)57-24-32-30-15-9-7-13-28(30)29-14-8-10-16-31(29)32/h4-16,32-34H,2-3,17-26H2,1H3,(H2,41,47)(H,42,51)(H,43,48)(H,44,52)(H,45,49)(H,46,50)/t33-,34-/m0/s1. The van der Waals surface area contributed by atoms with Crippen LogP contribution in [0.25, 0.3) is 11.1 Å². The van der Waals surface area contributed by atoms with Gasteiger partial charge in [0.05, 0.1) is 32.8 Å². The normalized spacial score (nSPS) is 12.6. The van der Waals surface area contributed by atoms with Gasteiger partial charge >= 0.3 is 12.2 Å². The minimum Gasteiger partial charge on any atom is -0.449 e. The minimum absolute atomic E-state index is 0.0386. The van der Waals surface area contributed by atoms with Gasteiger partial charge in [-0.25, -0.2) is 9.59 Å². The highest BCUT2D eigenvalue weighted by Gasteiger charge is 2.31. The Morgan fingerprint density at radius 1 is 0.684 bits per heavy atom. The van der Waals surface area contributed by atoms with Gasteiger partial charge in [0.15, 0.2) is 0 Å². The summed E-state index contributed by atoms with van der Waals surface area (Å²) in [5, 5.41) is 7.41. The van der Waals surface area contributed by atoms with Crippen molar-refractivity contribution in [2.45, 2.75) is 50.8 Å². The van der Waals surface area contributed by atoms with E-state index in [-0.39, 0.29) is 52.1 Å². The van der Waals surface area contributed by atoms with Gasteiger partial charge in [0, 0.05) is 19.1 Å². The minimum atomic E-state index is -1.49. The van der Waals surface area contributed by atoms with E-state index in [0.717, 1.165) is 34.2 Å². The summed E-state index contributed by atoms with van der Waals surface area (Å²) < 4.78 is 26.9. The molecule has 0 saturated heterocycles. The molecule has 0 radical (unpaired) electrons. The predicted octanol–water partition coefficient (Wildman–Crippen LogP) is 2.18. The zero-order valence-corrected chi connectivity index (χ0v) is 31.8. The molecule has 0 saturated carbocycles. The number of alkyl carbamates (subject to hydrolysis) is 2. The van der Waals surface area contributed by atoms with Crippen LogP contribution in [-0.2, 0) is 49.5 Å². The van der Waals surface area contributed by atoms with Crippen LogP contribution in [0.15, 0.2) is 78.9 Å². The van der Waals surface area contributed by atoms with E-state index in [4.69, 9.17) is 29.4 Å². The monoisotopic (exact) mass is 790 g/mol. The van der Waals surface area contributed by atoms with E-state index in [1.165, 1.54) is 0 Å². The first-order chi connectivity index (χ1) is 27.7. The number of primary amides is 1. The Bertz CT molecular complexity index is 1750. The summed E-state index contributed by atoms with van der Waals surface area (Å²) in [6.07, 6.45) is -0.599. The van der Waals surface area contributed by atoms with Crippen molar-refractivity contribution < 1.29 is 52.5 Å². The maximum Gasteiger partial charge on any atom is 0.407 e. The van der Waals surface area contributed by atoms with Gasteiger partial charge in [-0.3, -0.25) is 30.0 Å². The zero-order valence-electron chi connectivity index (χ0n) is 31.8. The molecule has 0 unspecified atom stereocenters. The van der Waals surface area contributed by atoms with Crippen LogP contribution in [-0.4, -0.2) is 101 Å². The molecule has 17 heteroatoms. The molecule has 3 aromatic rings. The lowest BCUT2D eigenvalue weighted by molar-refractivity contribution is -0.135. The van der Waals surface area contributed by atoms with Gasteiger partial charge in [0.1, 0.15) is 31.9 Å². The third-order valence-corrected chi connectivity index (χ3v) is 8.58. The largest absolute Gasteiger partial charge is 0.449 e. The number of amides is 6. The third-order valence-electron chi connectivity index (χ3n) is 8.58. The smallest absolute Gasteiger partial charge is 0.407 e. The average Bonchev–Trinajstić information content (AvgIpc) is 3.53. The molecule has 0 heterocycles. The van der Waals surface area contributed by atoms with Crippen molar-refractivity contribution in [3.8, 4) is 11.1 Å². The first kappa shape index (κ1) is 43.7. The lowest BCUT2D eigenvalue weighted by Gasteiger charge is -2.21. The van der Waals surface area contributed by atoms with E-state index in [1.807, 2.05) is 85.8 Å². The number of hydrogen-bond donors (Lipinski definition) is 6. The quantitative estimate of drug-likeness (QED) is 0.0602. The second kappa shape index (κ2) is 23.8. The fourth-order valence-electron chi connectivity index (χ4n) is 5.74. The first-order valence-corrected chi connectivity index (χ1v) is 18.6. The van der Waals surface area contributed by atoms with Crippen molar-refractivity contribution in [1.82, 2.24) is 26.8 Å². The van der Waals surface area contributed by atoms with Crippen LogP contribution in [0.1, 0.15) is 48.8 Å². The van der Waals surface area contributed by atoms with Gasteiger partial charge < -0.3 is 45.4 Å². The number of carbonyl (C=O) groups is 6. The van der Waals surface area contributed by atoms with Gasteiger partial charge in [-0.15, -0.1) is 0 Å². The van der Waals surface area contributed by atoms with Crippen molar-refractivity contribution in [2.75, 3.05) is 52.8 Å². The van der Waals surface area contributed by atoms with Crippen LogP contribution in [0, 0.1) is 0 Å². The molecule has 3 aromatic carbocycles. The second-order valence-corrected chi connectivity index (χ2v) is 12.9. The van der Waals surface area contributed by atoms with E-state index in [2.05, 4.69) is 26.8 Å². The Kier molecular flexibility index (Phi) is 18.2. The molecule has 0 spiro atoms. The fraction of sp³-hybridized carbons (Fsp3) is 0.400. The van der Waals surface area contributed by atoms with E-state index in [9.17, 15) is 28.8 Å². The molecule has 1 aliphatic carbocycles. The Hall–Kier alpha value is -6.04. The number of nitrogens with one attached hydrogen (secondary N) is 5. The van der Waals surface area contributed by atoms with E-state index in [1.54, 1.807) is 0 Å². The van der Waals surface area contributed by atoms with Gasteiger partial charge in [-0.1, -0.05) is 92.2 Å². The van der Waals surface area contributed by atoms with Crippen molar-refractivity contribution in [1.29, 1.82) is 0 Å². The number of unbranched alkanes of at least 4 members (excludes halogenated alkanes) is 1. The number of nitrogens with two attached hydrogens (primary N) is 1. The van der Waals surface area contributed by atoms with Gasteiger partial charge in [0.2, 0.25) is 11.8 Å². The highest BCUT2D eigenvalue weighted by molar-refractivity contribution is 5.93. The number of benzene rings is 3. The predicted molar refractivity (Wildman–Crippen MR) is 206 cm³/mol. The Morgan fingerprint density at radius 2 is 1.32 bits per heavy atom. The van der Waals surface area contributed by atoms with E-state index in [0.29, 0.717) is 13.0 Å². The zero-order chi connectivity index (χ0) is 40.8. The van der Waals surface area contributed by atoms with Gasteiger partial charge in [-0.2, -0.15) is 0 Å². The van der Waals surface area contributed by atoms with Crippen LogP contribution in [0.3, 0.4) is 0 Å². The van der Waals surface area contributed by atoms with Crippen molar-refractivity contribution in [3.05, 3.63) is 95.6 Å². The van der Waals surface area contributed by atoms with Gasteiger partial charge in [-0.05, 0) is 34.2 Å². The second-order valence-electron chi connectivity index (χ2n) is 12.9. The molecule has 0 fully saturated rings. The van der Waals surface area contributed by atoms with Crippen molar-refractivity contribution in [2.24, 2.45) is 5.73 Å². The molecule has 0 bridgehead atoms. The van der Waals surface area contributed by atoms with Crippen LogP contribution >= 0.6 is 0 Å². The summed E-state index contributed by atoms with van der Waals surface area (Å²) in [6, 6.07) is 22.1. The van der Waals surface area contributed by atoms with E-state index >= 15 is 0 Å². The third kappa shape index (κ3) is 14.9. The fourth-order valence-corrected chi connectivity index (χ4v) is 5.74. The summed E-state index contributed by atoms with van der Waals surface area (Å²) in [5.74, 6) is -3.59. The van der Waals surface area contributed by atoms with Crippen LogP contribution in [0.4, 0.5) is 9.59 Å². The number of ether oxygens (including phenoxy) is 5. The molecule has 57 heavy (non-hydrogen) atoms. The molecule has 4 rings (SSSR count). The Morgan fingerprint density at radius 3 is 1.98 bits per heavy atom. The molecule has 306 valence electrons. The molecule has 17 nitrogen and oxygen atoms in total. The molecule has 2 atom stereocenters. The highest BCUT2D eigenvalue weighted by atomic mass is 16.6. The summed E-state index contributed by atoms with van der Waals surface area (Å²) in [4.78, 5) is 75.2. The first-order valence-electron chi connectivity index (χ1n) is 18.6. The maximum absolute atomic E-state index is 13.1. The number of hydrazine groups is 1. The van der Waals surface area contributed by atoms with Crippen molar-refractivity contribution >= 4 is 35.8 Å². The molecule has 0 aromatic heterocycles. The van der Waals surface area contributed by atoms with Crippen LogP contribution in [0.5, 0.6) is 0 Å². The lowest BCUT2D eigenvalue weighted by atomic mass is 9.98. The number of hydrogen-bond acceptors (Lipinski definition) is 11. The highest BCUT2D eigenvalue weighted by Crippen LogP contribution is 2.44. The van der Waals surface area contributed by atoms with Gasteiger partial charge in [0.25, 0.3) is 11.8 Å². The summed E-state index contributed by atoms with van der Waals surface area (Å²) in [7, 11) is 0. The topological polar surface area (TPSA) is 235 Å². The molecule has 1 aliphatic rings. The van der Waals surface area contributed by atoms with E-state index < -0.39 is 60.9 Å². The Labute approximate surface area is 330 Å². The lowest BCUT2D eigenvalue weighted by Crippen LogP contribution is -2.58.